The number of carbonyl (C=O) groups excluding carboxylic acids is 2. The number of rotatable bonds is 7. The molecule has 22 heavy (non-hydrogen) atoms. The van der Waals surface area contributed by atoms with Crippen LogP contribution in [-0.2, 0) is 9.53 Å². The van der Waals surface area contributed by atoms with Crippen LogP contribution < -0.4 is 14.2 Å². The van der Waals surface area contributed by atoms with Crippen molar-refractivity contribution in [2.45, 2.75) is 6.92 Å². The summed E-state index contributed by atoms with van der Waals surface area (Å²) in [6.45, 7) is 1.71. The number of hydrogen-bond donors (Lipinski definition) is 0. The molecule has 1 unspecified atom stereocenters. The fourth-order valence-corrected chi connectivity index (χ4v) is 2.57. The van der Waals surface area contributed by atoms with Crippen molar-refractivity contribution in [2.24, 2.45) is 5.92 Å². The summed E-state index contributed by atoms with van der Waals surface area (Å²) >= 11 is 1.04. The molecule has 0 fully saturated rings. The number of benzene rings is 1. The predicted octanol–water partition coefficient (Wildman–Crippen LogP) is 2.39. The number of carbonyl (C=O) groups is 2. The second kappa shape index (κ2) is 8.53. The molecule has 1 rings (SSSR count). The molecular formula is C15H20O6S. The molecule has 0 radical (unpaired) electrons. The van der Waals surface area contributed by atoms with Crippen LogP contribution in [0, 0.1) is 5.92 Å². The number of thioether (sulfide) groups is 1. The minimum atomic E-state index is -0.360. The Morgan fingerprint density at radius 1 is 1.05 bits per heavy atom. The lowest BCUT2D eigenvalue weighted by Crippen LogP contribution is -2.15. The van der Waals surface area contributed by atoms with Crippen LogP contribution >= 0.6 is 11.8 Å². The molecular weight excluding hydrogens is 308 g/mol. The summed E-state index contributed by atoms with van der Waals surface area (Å²) in [5.41, 5.74) is 0.413. The van der Waals surface area contributed by atoms with E-state index in [0.717, 1.165) is 11.8 Å². The van der Waals surface area contributed by atoms with Crippen LogP contribution in [0.25, 0.3) is 0 Å². The average molecular weight is 328 g/mol. The summed E-state index contributed by atoms with van der Waals surface area (Å²) in [6.07, 6.45) is 0. The molecule has 0 aliphatic rings. The largest absolute Gasteiger partial charge is 0.493 e. The third kappa shape index (κ3) is 4.30. The Morgan fingerprint density at radius 3 is 2.00 bits per heavy atom. The third-order valence-corrected chi connectivity index (χ3v) is 4.13. The fourth-order valence-electron chi connectivity index (χ4n) is 1.75. The van der Waals surface area contributed by atoms with Gasteiger partial charge in [0.2, 0.25) is 10.9 Å². The molecule has 1 aromatic carbocycles. The summed E-state index contributed by atoms with van der Waals surface area (Å²) in [5.74, 6) is 0.876. The van der Waals surface area contributed by atoms with Gasteiger partial charge in [-0.15, -0.1) is 0 Å². The van der Waals surface area contributed by atoms with E-state index in [2.05, 4.69) is 4.74 Å². The molecule has 0 heterocycles. The predicted molar refractivity (Wildman–Crippen MR) is 84.1 cm³/mol. The molecule has 122 valence electrons. The first-order chi connectivity index (χ1) is 10.5. The summed E-state index contributed by atoms with van der Waals surface area (Å²) in [4.78, 5) is 23.6. The standard InChI is InChI=1S/C15H20O6S/c1-9(14(16)21-5)8-22-15(17)10-6-11(18-2)13(20-4)12(7-10)19-3/h6-7,9H,8H2,1-5H3. The lowest BCUT2D eigenvalue weighted by atomic mass is 10.2. The Balaban J connectivity index is 2.92. The van der Waals surface area contributed by atoms with Crippen molar-refractivity contribution in [3.05, 3.63) is 17.7 Å². The Bertz CT molecular complexity index is 518. The lowest BCUT2D eigenvalue weighted by Gasteiger charge is -2.14. The molecule has 1 aromatic rings. The maximum atomic E-state index is 12.3. The molecule has 0 aliphatic heterocycles. The second-order valence-electron chi connectivity index (χ2n) is 4.44. The number of hydrogen-bond acceptors (Lipinski definition) is 7. The summed E-state index contributed by atoms with van der Waals surface area (Å²) < 4.78 is 20.3. The van der Waals surface area contributed by atoms with E-state index in [-0.39, 0.29) is 17.0 Å². The molecule has 0 aliphatic carbocycles. The zero-order valence-corrected chi connectivity index (χ0v) is 14.1. The van der Waals surface area contributed by atoms with Gasteiger partial charge in [0.25, 0.3) is 0 Å². The topological polar surface area (TPSA) is 71.1 Å². The maximum absolute atomic E-state index is 12.3. The Kier molecular flexibility index (Phi) is 7.04. The van der Waals surface area contributed by atoms with Crippen molar-refractivity contribution in [1.82, 2.24) is 0 Å². The van der Waals surface area contributed by atoms with Crippen molar-refractivity contribution in [3.8, 4) is 17.2 Å². The van der Waals surface area contributed by atoms with Crippen LogP contribution in [0.4, 0.5) is 0 Å². The highest BCUT2D eigenvalue weighted by atomic mass is 32.2. The summed E-state index contributed by atoms with van der Waals surface area (Å²) in [7, 11) is 5.79. The van der Waals surface area contributed by atoms with Crippen LogP contribution in [0.2, 0.25) is 0 Å². The average Bonchev–Trinajstić information content (AvgIpc) is 2.56. The highest BCUT2D eigenvalue weighted by Crippen LogP contribution is 2.39. The molecule has 0 N–H and O–H groups in total. The van der Waals surface area contributed by atoms with Crippen molar-refractivity contribution in [3.63, 3.8) is 0 Å². The molecule has 0 saturated carbocycles. The van der Waals surface area contributed by atoms with Crippen LogP contribution in [0.15, 0.2) is 12.1 Å². The van der Waals surface area contributed by atoms with Gasteiger partial charge in [-0.05, 0) is 12.1 Å². The van der Waals surface area contributed by atoms with E-state index < -0.39 is 0 Å². The zero-order chi connectivity index (χ0) is 16.7. The summed E-state index contributed by atoms with van der Waals surface area (Å²) in [5, 5.41) is -0.185. The molecule has 0 saturated heterocycles. The van der Waals surface area contributed by atoms with Gasteiger partial charge < -0.3 is 18.9 Å². The van der Waals surface area contributed by atoms with Gasteiger partial charge in [0.15, 0.2) is 11.5 Å². The van der Waals surface area contributed by atoms with E-state index in [0.29, 0.717) is 28.6 Å². The van der Waals surface area contributed by atoms with Crippen molar-refractivity contribution in [1.29, 1.82) is 0 Å². The molecule has 0 bridgehead atoms. The molecule has 0 spiro atoms. The van der Waals surface area contributed by atoms with E-state index in [1.165, 1.54) is 28.4 Å². The number of esters is 1. The van der Waals surface area contributed by atoms with Crippen LogP contribution in [0.5, 0.6) is 17.2 Å². The van der Waals surface area contributed by atoms with Gasteiger partial charge >= 0.3 is 5.97 Å². The van der Waals surface area contributed by atoms with Crippen molar-refractivity contribution in [2.75, 3.05) is 34.2 Å². The molecule has 0 aromatic heterocycles. The third-order valence-electron chi connectivity index (χ3n) is 2.97. The Morgan fingerprint density at radius 2 is 1.59 bits per heavy atom. The van der Waals surface area contributed by atoms with E-state index in [1.54, 1.807) is 19.1 Å². The van der Waals surface area contributed by atoms with Crippen LogP contribution in [0.1, 0.15) is 17.3 Å². The first-order valence-electron chi connectivity index (χ1n) is 6.53. The van der Waals surface area contributed by atoms with Crippen molar-refractivity contribution < 1.29 is 28.5 Å². The van der Waals surface area contributed by atoms with Crippen LogP contribution in [0.3, 0.4) is 0 Å². The van der Waals surface area contributed by atoms with E-state index in [4.69, 9.17) is 14.2 Å². The molecule has 7 heteroatoms. The first-order valence-corrected chi connectivity index (χ1v) is 7.52. The Labute approximate surface area is 134 Å². The van der Waals surface area contributed by atoms with Gasteiger partial charge in [-0.25, -0.2) is 0 Å². The SMILES string of the molecule is COC(=O)C(C)CSC(=O)c1cc(OC)c(OC)c(OC)c1. The minimum Gasteiger partial charge on any atom is -0.493 e. The van der Waals surface area contributed by atoms with Gasteiger partial charge in [-0.1, -0.05) is 18.7 Å². The molecule has 1 atom stereocenters. The highest BCUT2D eigenvalue weighted by molar-refractivity contribution is 8.14. The number of ether oxygens (including phenoxy) is 4. The van der Waals surface area contributed by atoms with Gasteiger partial charge in [0, 0.05) is 11.3 Å². The van der Waals surface area contributed by atoms with Gasteiger partial charge in [-0.3, -0.25) is 9.59 Å². The normalized spacial score (nSPS) is 11.5. The molecule has 0 amide bonds. The fraction of sp³-hybridized carbons (Fsp3) is 0.467. The van der Waals surface area contributed by atoms with E-state index >= 15 is 0 Å². The number of methoxy groups -OCH3 is 4. The quantitative estimate of drug-likeness (QED) is 0.712. The second-order valence-corrected chi connectivity index (χ2v) is 5.43. The van der Waals surface area contributed by atoms with Crippen LogP contribution in [-0.4, -0.2) is 45.3 Å². The van der Waals surface area contributed by atoms with Crippen molar-refractivity contribution >= 4 is 22.8 Å². The lowest BCUT2D eigenvalue weighted by molar-refractivity contribution is -0.143. The summed E-state index contributed by atoms with van der Waals surface area (Å²) in [6, 6.07) is 3.17. The Hall–Kier alpha value is -1.89. The minimum absolute atomic E-state index is 0.185. The van der Waals surface area contributed by atoms with E-state index in [9.17, 15) is 9.59 Å². The molecule has 6 nitrogen and oxygen atoms in total. The monoisotopic (exact) mass is 328 g/mol. The van der Waals surface area contributed by atoms with Gasteiger partial charge in [0.05, 0.1) is 34.4 Å². The first kappa shape index (κ1) is 18.2. The van der Waals surface area contributed by atoms with Gasteiger partial charge in [-0.2, -0.15) is 0 Å². The highest BCUT2D eigenvalue weighted by Gasteiger charge is 2.20. The van der Waals surface area contributed by atoms with Gasteiger partial charge in [0.1, 0.15) is 0 Å². The zero-order valence-electron chi connectivity index (χ0n) is 13.3. The smallest absolute Gasteiger partial charge is 0.309 e. The maximum Gasteiger partial charge on any atom is 0.309 e. The van der Waals surface area contributed by atoms with E-state index in [1.807, 2.05) is 0 Å².